The van der Waals surface area contributed by atoms with Gasteiger partial charge in [0.1, 0.15) is 11.5 Å². The van der Waals surface area contributed by atoms with E-state index in [-0.39, 0.29) is 12.5 Å². The van der Waals surface area contributed by atoms with Crippen molar-refractivity contribution in [2.75, 3.05) is 26.1 Å². The van der Waals surface area contributed by atoms with Crippen LogP contribution >= 0.6 is 11.6 Å². The van der Waals surface area contributed by atoms with Gasteiger partial charge in [-0.05, 0) is 36.8 Å². The third-order valence-corrected chi connectivity index (χ3v) is 3.73. The van der Waals surface area contributed by atoms with Crippen LogP contribution in [0.15, 0.2) is 36.4 Å². The highest BCUT2D eigenvalue weighted by molar-refractivity contribution is 6.33. The molecule has 0 aromatic heterocycles. The summed E-state index contributed by atoms with van der Waals surface area (Å²) in [6.07, 6.45) is 0. The summed E-state index contributed by atoms with van der Waals surface area (Å²) in [5.74, 6) is 0.178. The number of aryl methyl sites for hydroxylation is 1. The fourth-order valence-corrected chi connectivity index (χ4v) is 2.40. The number of amides is 2. The molecule has 2 aromatic carbocycles. The van der Waals surface area contributed by atoms with Crippen molar-refractivity contribution in [3.05, 3.63) is 52.5 Å². The maximum atomic E-state index is 12.2. The van der Waals surface area contributed by atoms with Crippen LogP contribution in [0, 0.1) is 6.92 Å². The highest BCUT2D eigenvalue weighted by atomic mass is 35.5. The Morgan fingerprint density at radius 3 is 2.24 bits per heavy atom. The van der Waals surface area contributed by atoms with Crippen molar-refractivity contribution in [2.24, 2.45) is 0 Å². The standard InChI is InChI=1S/C18H19ClN2O4/c1-11-4-5-16(15(19)6-11)21-17(22)10-20-18(23)12-7-13(24-2)9-14(8-12)25-3/h4-9H,10H2,1-3H3,(H,20,23)(H,21,22). The molecule has 0 radical (unpaired) electrons. The molecule has 0 bridgehead atoms. The van der Waals surface area contributed by atoms with Crippen LogP contribution in [0.1, 0.15) is 15.9 Å². The van der Waals surface area contributed by atoms with Crippen molar-refractivity contribution in [3.63, 3.8) is 0 Å². The van der Waals surface area contributed by atoms with Gasteiger partial charge in [0.15, 0.2) is 0 Å². The first-order valence-electron chi connectivity index (χ1n) is 7.50. The van der Waals surface area contributed by atoms with Gasteiger partial charge in [-0.2, -0.15) is 0 Å². The first-order valence-corrected chi connectivity index (χ1v) is 7.88. The van der Waals surface area contributed by atoms with Gasteiger partial charge in [-0.25, -0.2) is 0 Å². The molecule has 0 unspecified atom stereocenters. The van der Waals surface area contributed by atoms with Gasteiger partial charge in [-0.1, -0.05) is 17.7 Å². The SMILES string of the molecule is COc1cc(OC)cc(C(=O)NCC(=O)Nc2ccc(C)cc2Cl)c1. The van der Waals surface area contributed by atoms with E-state index in [9.17, 15) is 9.59 Å². The molecule has 2 N–H and O–H groups in total. The lowest BCUT2D eigenvalue weighted by Crippen LogP contribution is -2.32. The predicted molar refractivity (Wildman–Crippen MR) is 96.7 cm³/mol. The van der Waals surface area contributed by atoms with Crippen molar-refractivity contribution < 1.29 is 19.1 Å². The minimum Gasteiger partial charge on any atom is -0.497 e. The lowest BCUT2D eigenvalue weighted by atomic mass is 10.2. The highest BCUT2D eigenvalue weighted by Crippen LogP contribution is 2.23. The number of benzene rings is 2. The molecule has 0 heterocycles. The molecule has 132 valence electrons. The van der Waals surface area contributed by atoms with Gasteiger partial charge in [-0.3, -0.25) is 9.59 Å². The molecule has 0 aliphatic heterocycles. The first kappa shape index (κ1) is 18.6. The third-order valence-electron chi connectivity index (χ3n) is 3.42. The Bertz CT molecular complexity index is 770. The Morgan fingerprint density at radius 2 is 1.68 bits per heavy atom. The number of carbonyl (C=O) groups is 2. The molecule has 2 amide bonds. The average molecular weight is 363 g/mol. The second kappa shape index (κ2) is 8.39. The Balaban J connectivity index is 1.98. The van der Waals surface area contributed by atoms with Gasteiger partial charge in [0.25, 0.3) is 5.91 Å². The molecule has 0 aliphatic rings. The van der Waals surface area contributed by atoms with Crippen LogP contribution < -0.4 is 20.1 Å². The Hall–Kier alpha value is -2.73. The van der Waals surface area contributed by atoms with Gasteiger partial charge in [0.2, 0.25) is 5.91 Å². The third kappa shape index (κ3) is 5.12. The second-order valence-corrected chi connectivity index (χ2v) is 5.72. The molecule has 7 heteroatoms. The van der Waals surface area contributed by atoms with Gasteiger partial charge < -0.3 is 20.1 Å². The molecule has 0 atom stereocenters. The van der Waals surface area contributed by atoms with E-state index in [4.69, 9.17) is 21.1 Å². The maximum absolute atomic E-state index is 12.2. The van der Waals surface area contributed by atoms with Crippen LogP contribution in [0.25, 0.3) is 0 Å². The molecular formula is C18H19ClN2O4. The summed E-state index contributed by atoms with van der Waals surface area (Å²) < 4.78 is 10.2. The fraction of sp³-hybridized carbons (Fsp3) is 0.222. The Labute approximate surface area is 151 Å². The molecular weight excluding hydrogens is 344 g/mol. The molecule has 0 fully saturated rings. The van der Waals surface area contributed by atoms with E-state index in [0.29, 0.717) is 27.8 Å². The zero-order valence-corrected chi connectivity index (χ0v) is 14.9. The minimum atomic E-state index is -0.414. The summed E-state index contributed by atoms with van der Waals surface area (Å²) in [5.41, 5.74) is 1.82. The van der Waals surface area contributed by atoms with Crippen molar-refractivity contribution in [1.82, 2.24) is 5.32 Å². The van der Waals surface area contributed by atoms with Crippen molar-refractivity contribution >= 4 is 29.1 Å². The lowest BCUT2D eigenvalue weighted by molar-refractivity contribution is -0.115. The fourth-order valence-electron chi connectivity index (χ4n) is 2.12. The van der Waals surface area contributed by atoms with E-state index in [1.807, 2.05) is 13.0 Å². The van der Waals surface area contributed by atoms with Crippen molar-refractivity contribution in [3.8, 4) is 11.5 Å². The molecule has 2 aromatic rings. The number of methoxy groups -OCH3 is 2. The van der Waals surface area contributed by atoms with E-state index in [1.54, 1.807) is 30.3 Å². The zero-order valence-electron chi connectivity index (χ0n) is 14.2. The van der Waals surface area contributed by atoms with Crippen molar-refractivity contribution in [2.45, 2.75) is 6.92 Å². The quantitative estimate of drug-likeness (QED) is 0.828. The summed E-state index contributed by atoms with van der Waals surface area (Å²) in [6, 6.07) is 10.1. The first-order chi connectivity index (χ1) is 11.9. The summed E-state index contributed by atoms with van der Waals surface area (Å²) in [7, 11) is 2.99. The van der Waals surface area contributed by atoms with Crippen LogP contribution in [0.5, 0.6) is 11.5 Å². The summed E-state index contributed by atoms with van der Waals surface area (Å²) in [5, 5.41) is 5.64. The molecule has 0 spiro atoms. The summed E-state index contributed by atoms with van der Waals surface area (Å²) in [6.45, 7) is 1.71. The summed E-state index contributed by atoms with van der Waals surface area (Å²) >= 11 is 6.07. The smallest absolute Gasteiger partial charge is 0.251 e. The van der Waals surface area contributed by atoms with E-state index in [0.717, 1.165) is 5.56 Å². The Kier molecular flexibility index (Phi) is 6.25. The van der Waals surface area contributed by atoms with Gasteiger partial charge in [0, 0.05) is 11.6 Å². The second-order valence-electron chi connectivity index (χ2n) is 5.32. The number of carbonyl (C=O) groups excluding carboxylic acids is 2. The van der Waals surface area contributed by atoms with Crippen LogP contribution in [0.2, 0.25) is 5.02 Å². The normalized spacial score (nSPS) is 10.1. The van der Waals surface area contributed by atoms with Crippen LogP contribution in [0.3, 0.4) is 0 Å². The molecule has 25 heavy (non-hydrogen) atoms. The Morgan fingerprint density at radius 1 is 1.04 bits per heavy atom. The molecule has 0 aliphatic carbocycles. The molecule has 6 nitrogen and oxygen atoms in total. The number of rotatable bonds is 6. The number of ether oxygens (including phenoxy) is 2. The molecule has 0 saturated carbocycles. The van der Waals surface area contributed by atoms with Crippen LogP contribution in [0.4, 0.5) is 5.69 Å². The van der Waals surface area contributed by atoms with Crippen molar-refractivity contribution in [1.29, 1.82) is 0 Å². The van der Waals surface area contributed by atoms with E-state index >= 15 is 0 Å². The number of hydrogen-bond donors (Lipinski definition) is 2. The van der Waals surface area contributed by atoms with E-state index in [1.165, 1.54) is 14.2 Å². The van der Waals surface area contributed by atoms with Crippen LogP contribution in [-0.2, 0) is 4.79 Å². The predicted octanol–water partition coefficient (Wildman–Crippen LogP) is 3.03. The van der Waals surface area contributed by atoms with Gasteiger partial charge in [-0.15, -0.1) is 0 Å². The lowest BCUT2D eigenvalue weighted by Gasteiger charge is -2.10. The molecule has 2 rings (SSSR count). The average Bonchev–Trinajstić information content (AvgIpc) is 2.61. The summed E-state index contributed by atoms with van der Waals surface area (Å²) in [4.78, 5) is 24.2. The van der Waals surface area contributed by atoms with Gasteiger partial charge in [0.05, 0.1) is 31.5 Å². The topological polar surface area (TPSA) is 76.7 Å². The number of halogens is 1. The minimum absolute atomic E-state index is 0.192. The highest BCUT2D eigenvalue weighted by Gasteiger charge is 2.12. The van der Waals surface area contributed by atoms with Gasteiger partial charge >= 0.3 is 0 Å². The monoisotopic (exact) mass is 362 g/mol. The largest absolute Gasteiger partial charge is 0.497 e. The number of anilines is 1. The van der Waals surface area contributed by atoms with Crippen LogP contribution in [-0.4, -0.2) is 32.6 Å². The number of nitrogens with one attached hydrogen (secondary N) is 2. The number of hydrogen-bond acceptors (Lipinski definition) is 4. The molecule has 0 saturated heterocycles. The zero-order chi connectivity index (χ0) is 18.4. The van der Waals surface area contributed by atoms with E-state index in [2.05, 4.69) is 10.6 Å². The maximum Gasteiger partial charge on any atom is 0.251 e. The van der Waals surface area contributed by atoms with E-state index < -0.39 is 5.91 Å².